The van der Waals surface area contributed by atoms with Crippen molar-refractivity contribution in [2.24, 2.45) is 4.99 Å². The molecule has 2 N–H and O–H groups in total. The van der Waals surface area contributed by atoms with Crippen LogP contribution in [0.2, 0.25) is 0 Å². The van der Waals surface area contributed by atoms with E-state index in [0.717, 1.165) is 11.5 Å². The third-order valence-electron chi connectivity index (χ3n) is 3.89. The van der Waals surface area contributed by atoms with Gasteiger partial charge in [-0.3, -0.25) is 4.99 Å². The van der Waals surface area contributed by atoms with Crippen LogP contribution in [-0.2, 0) is 13.1 Å². The number of guanidine groups is 1. The highest BCUT2D eigenvalue weighted by Crippen LogP contribution is 2.17. The van der Waals surface area contributed by atoms with Crippen molar-refractivity contribution in [3.8, 4) is 0 Å². The SMILES string of the molecule is CN=C(NCc1ccc(F)cc1)NCc1ccc(N(C)C)cc1C. The van der Waals surface area contributed by atoms with Crippen LogP contribution >= 0.6 is 0 Å². The van der Waals surface area contributed by atoms with Gasteiger partial charge in [-0.05, 0) is 47.9 Å². The molecule has 0 amide bonds. The predicted molar refractivity (Wildman–Crippen MR) is 98.9 cm³/mol. The molecule has 0 radical (unpaired) electrons. The third-order valence-corrected chi connectivity index (χ3v) is 3.89. The lowest BCUT2D eigenvalue weighted by molar-refractivity contribution is 0.626. The summed E-state index contributed by atoms with van der Waals surface area (Å²) >= 11 is 0. The molecule has 0 unspecified atom stereocenters. The maximum absolute atomic E-state index is 12.9. The molecule has 5 heteroatoms. The minimum absolute atomic E-state index is 0.224. The fourth-order valence-corrected chi connectivity index (χ4v) is 2.34. The quantitative estimate of drug-likeness (QED) is 0.654. The van der Waals surface area contributed by atoms with Gasteiger partial charge in [0.1, 0.15) is 5.82 Å². The van der Waals surface area contributed by atoms with E-state index >= 15 is 0 Å². The number of nitrogens with zero attached hydrogens (tertiary/aromatic N) is 2. The zero-order valence-corrected chi connectivity index (χ0v) is 14.7. The topological polar surface area (TPSA) is 39.7 Å². The molecule has 2 aromatic carbocycles. The lowest BCUT2D eigenvalue weighted by Gasteiger charge is -2.16. The zero-order chi connectivity index (χ0) is 17.5. The zero-order valence-electron chi connectivity index (χ0n) is 14.7. The summed E-state index contributed by atoms with van der Waals surface area (Å²) in [5, 5.41) is 6.54. The Morgan fingerprint density at radius 1 is 1.04 bits per heavy atom. The number of aliphatic imine (C=N–C) groups is 1. The predicted octanol–water partition coefficient (Wildman–Crippen LogP) is 3.07. The molecule has 0 saturated carbocycles. The number of halogens is 1. The first kappa shape index (κ1) is 17.8. The molecule has 0 bridgehead atoms. The largest absolute Gasteiger partial charge is 0.378 e. The van der Waals surface area contributed by atoms with Gasteiger partial charge in [0.2, 0.25) is 0 Å². The van der Waals surface area contributed by atoms with E-state index < -0.39 is 0 Å². The van der Waals surface area contributed by atoms with Gasteiger partial charge < -0.3 is 15.5 Å². The van der Waals surface area contributed by atoms with Crippen LogP contribution in [0, 0.1) is 12.7 Å². The minimum Gasteiger partial charge on any atom is -0.378 e. The summed E-state index contributed by atoms with van der Waals surface area (Å²) in [6.07, 6.45) is 0. The molecule has 0 aliphatic rings. The van der Waals surface area contributed by atoms with Crippen LogP contribution < -0.4 is 15.5 Å². The fourth-order valence-electron chi connectivity index (χ4n) is 2.34. The summed E-state index contributed by atoms with van der Waals surface area (Å²) in [6.45, 7) is 3.40. The van der Waals surface area contributed by atoms with Crippen LogP contribution in [0.4, 0.5) is 10.1 Å². The Balaban J connectivity index is 1.90. The first-order valence-corrected chi connectivity index (χ1v) is 7.95. The molecule has 24 heavy (non-hydrogen) atoms. The van der Waals surface area contributed by atoms with Crippen molar-refractivity contribution in [1.82, 2.24) is 10.6 Å². The molecule has 128 valence electrons. The van der Waals surface area contributed by atoms with Crippen LogP contribution in [0.3, 0.4) is 0 Å². The minimum atomic E-state index is -0.224. The summed E-state index contributed by atoms with van der Waals surface area (Å²) in [5.41, 5.74) is 4.66. The Morgan fingerprint density at radius 2 is 1.71 bits per heavy atom. The van der Waals surface area contributed by atoms with E-state index in [9.17, 15) is 4.39 Å². The van der Waals surface area contributed by atoms with Gasteiger partial charge >= 0.3 is 0 Å². The molecule has 0 spiro atoms. The monoisotopic (exact) mass is 328 g/mol. The second kappa shape index (κ2) is 8.34. The first-order chi connectivity index (χ1) is 11.5. The highest BCUT2D eigenvalue weighted by atomic mass is 19.1. The normalized spacial score (nSPS) is 11.3. The summed E-state index contributed by atoms with van der Waals surface area (Å²) in [6, 6.07) is 12.9. The van der Waals surface area contributed by atoms with Gasteiger partial charge in [-0.1, -0.05) is 18.2 Å². The Bertz CT molecular complexity index is 693. The van der Waals surface area contributed by atoms with Crippen molar-refractivity contribution in [2.45, 2.75) is 20.0 Å². The molecule has 0 atom stereocenters. The van der Waals surface area contributed by atoms with Gasteiger partial charge in [0.25, 0.3) is 0 Å². The van der Waals surface area contributed by atoms with Crippen LogP contribution in [0.15, 0.2) is 47.5 Å². The van der Waals surface area contributed by atoms with E-state index in [4.69, 9.17) is 0 Å². The number of aryl methyl sites for hydroxylation is 1. The van der Waals surface area contributed by atoms with Gasteiger partial charge in [-0.25, -0.2) is 4.39 Å². The molecule has 0 aliphatic carbocycles. The molecule has 4 nitrogen and oxygen atoms in total. The average molecular weight is 328 g/mol. The smallest absolute Gasteiger partial charge is 0.191 e. The highest BCUT2D eigenvalue weighted by Gasteiger charge is 2.04. The van der Waals surface area contributed by atoms with E-state index in [0.29, 0.717) is 13.1 Å². The van der Waals surface area contributed by atoms with Crippen molar-refractivity contribution in [1.29, 1.82) is 0 Å². The number of anilines is 1. The van der Waals surface area contributed by atoms with Crippen LogP contribution in [-0.4, -0.2) is 27.1 Å². The first-order valence-electron chi connectivity index (χ1n) is 7.95. The molecular formula is C19H25FN4. The van der Waals surface area contributed by atoms with Crippen LogP contribution in [0.25, 0.3) is 0 Å². The Kier molecular flexibility index (Phi) is 6.18. The number of benzene rings is 2. The van der Waals surface area contributed by atoms with Crippen molar-refractivity contribution < 1.29 is 4.39 Å². The summed E-state index contributed by atoms with van der Waals surface area (Å²) in [7, 11) is 5.81. The van der Waals surface area contributed by atoms with Gasteiger partial charge in [-0.15, -0.1) is 0 Å². The van der Waals surface area contributed by atoms with Gasteiger partial charge in [0.15, 0.2) is 5.96 Å². The maximum Gasteiger partial charge on any atom is 0.191 e. The lowest BCUT2D eigenvalue weighted by atomic mass is 10.1. The molecule has 2 aromatic rings. The summed E-state index contributed by atoms with van der Waals surface area (Å²) in [5.74, 6) is 0.494. The molecule has 0 aromatic heterocycles. The van der Waals surface area contributed by atoms with E-state index in [1.807, 2.05) is 14.1 Å². The van der Waals surface area contributed by atoms with E-state index in [1.54, 1.807) is 19.2 Å². The molecule has 0 heterocycles. The summed E-state index contributed by atoms with van der Waals surface area (Å²) < 4.78 is 12.9. The number of rotatable bonds is 5. The van der Waals surface area contributed by atoms with Gasteiger partial charge in [0, 0.05) is 39.9 Å². The van der Waals surface area contributed by atoms with Crippen LogP contribution in [0.1, 0.15) is 16.7 Å². The summed E-state index contributed by atoms with van der Waals surface area (Å²) in [4.78, 5) is 6.31. The Morgan fingerprint density at radius 3 is 2.29 bits per heavy atom. The number of hydrogen-bond acceptors (Lipinski definition) is 2. The van der Waals surface area contributed by atoms with Crippen molar-refractivity contribution in [2.75, 3.05) is 26.0 Å². The second-order valence-electron chi connectivity index (χ2n) is 5.91. The molecular weight excluding hydrogens is 303 g/mol. The fraction of sp³-hybridized carbons (Fsp3) is 0.316. The second-order valence-corrected chi connectivity index (χ2v) is 5.91. The third kappa shape index (κ3) is 4.98. The molecule has 0 saturated heterocycles. The van der Waals surface area contributed by atoms with Crippen molar-refractivity contribution in [3.63, 3.8) is 0 Å². The van der Waals surface area contributed by atoms with E-state index in [1.165, 1.54) is 28.9 Å². The highest BCUT2D eigenvalue weighted by molar-refractivity contribution is 5.79. The Labute approximate surface area is 143 Å². The van der Waals surface area contributed by atoms with Crippen molar-refractivity contribution >= 4 is 11.6 Å². The van der Waals surface area contributed by atoms with E-state index in [2.05, 4.69) is 45.6 Å². The lowest BCUT2D eigenvalue weighted by Crippen LogP contribution is -2.36. The maximum atomic E-state index is 12.9. The van der Waals surface area contributed by atoms with Gasteiger partial charge in [-0.2, -0.15) is 0 Å². The number of nitrogens with one attached hydrogen (secondary N) is 2. The van der Waals surface area contributed by atoms with E-state index in [-0.39, 0.29) is 5.82 Å². The van der Waals surface area contributed by atoms with Crippen molar-refractivity contribution in [3.05, 3.63) is 65.0 Å². The number of hydrogen-bond donors (Lipinski definition) is 2. The Hall–Kier alpha value is -2.56. The van der Waals surface area contributed by atoms with Gasteiger partial charge in [0.05, 0.1) is 0 Å². The molecule has 0 aliphatic heterocycles. The molecule has 2 rings (SSSR count). The molecule has 0 fully saturated rings. The van der Waals surface area contributed by atoms with Crippen LogP contribution in [0.5, 0.6) is 0 Å². The average Bonchev–Trinajstić information content (AvgIpc) is 2.57. The standard InChI is InChI=1S/C19H25FN4/c1-14-11-18(24(3)4)10-7-16(14)13-23-19(21-2)22-12-15-5-8-17(20)9-6-15/h5-11H,12-13H2,1-4H3,(H2,21,22,23).